The Morgan fingerprint density at radius 3 is 2.20 bits per heavy atom. The number of ether oxygens (including phenoxy) is 1. The highest BCUT2D eigenvalue weighted by molar-refractivity contribution is 7.92. The van der Waals surface area contributed by atoms with Gasteiger partial charge >= 0.3 is 0 Å². The molecule has 258 valence electrons. The second-order valence-electron chi connectivity index (χ2n) is 12.3. The Hall–Kier alpha value is -4.05. The molecule has 5 rings (SSSR count). The molecule has 0 aromatic heterocycles. The van der Waals surface area contributed by atoms with Gasteiger partial charge in [-0.1, -0.05) is 109 Å². The molecule has 0 spiro atoms. The monoisotopic (exact) mass is 721 g/mol. The average Bonchev–Trinajstić information content (AvgIpc) is 3.10. The van der Waals surface area contributed by atoms with Crippen LogP contribution < -0.4 is 14.4 Å². The molecule has 11 heteroatoms. The van der Waals surface area contributed by atoms with Gasteiger partial charge < -0.3 is 15.0 Å². The summed E-state index contributed by atoms with van der Waals surface area (Å²) in [6, 6.07) is 26.6. The minimum Gasteiger partial charge on any atom is -0.495 e. The summed E-state index contributed by atoms with van der Waals surface area (Å²) in [6.07, 6.45) is 5.11. The van der Waals surface area contributed by atoms with Gasteiger partial charge in [-0.2, -0.15) is 0 Å². The number of benzene rings is 4. The van der Waals surface area contributed by atoms with Crippen LogP contribution in [0.4, 0.5) is 5.69 Å². The van der Waals surface area contributed by atoms with Crippen molar-refractivity contribution in [3.63, 3.8) is 0 Å². The van der Waals surface area contributed by atoms with Gasteiger partial charge in [0.25, 0.3) is 10.0 Å². The fourth-order valence-electron chi connectivity index (χ4n) is 6.09. The Kier molecular flexibility index (Phi) is 12.3. The molecule has 1 aliphatic rings. The van der Waals surface area contributed by atoms with Crippen molar-refractivity contribution >= 4 is 50.7 Å². The van der Waals surface area contributed by atoms with Gasteiger partial charge in [-0.15, -0.1) is 0 Å². The number of hydrogen-bond donors (Lipinski definition) is 1. The van der Waals surface area contributed by atoms with Gasteiger partial charge in [0.2, 0.25) is 11.8 Å². The predicted octanol–water partition coefficient (Wildman–Crippen LogP) is 7.59. The fraction of sp³-hybridized carbons (Fsp3) is 0.316. The van der Waals surface area contributed by atoms with Crippen molar-refractivity contribution in [2.75, 3.05) is 18.0 Å². The lowest BCUT2D eigenvalue weighted by molar-refractivity contribution is -0.140. The van der Waals surface area contributed by atoms with E-state index in [1.807, 2.05) is 43.3 Å². The molecule has 0 radical (unpaired) electrons. The topological polar surface area (TPSA) is 96.0 Å². The molecule has 4 aromatic rings. The molecule has 1 atom stereocenters. The first kappa shape index (κ1) is 36.2. The summed E-state index contributed by atoms with van der Waals surface area (Å²) in [5, 5.41) is 3.82. The maximum absolute atomic E-state index is 14.8. The molecule has 0 heterocycles. The van der Waals surface area contributed by atoms with Crippen LogP contribution in [-0.2, 0) is 32.6 Å². The number of carbonyl (C=O) groups excluding carboxylic acids is 2. The number of halogens is 2. The molecule has 1 fully saturated rings. The highest BCUT2D eigenvalue weighted by Gasteiger charge is 2.36. The molecule has 1 aliphatic carbocycles. The lowest BCUT2D eigenvalue weighted by atomic mass is 9.94. The van der Waals surface area contributed by atoms with Crippen LogP contribution in [0.2, 0.25) is 10.0 Å². The molecular formula is C38H41Cl2N3O5S. The van der Waals surface area contributed by atoms with E-state index in [9.17, 15) is 18.0 Å². The van der Waals surface area contributed by atoms with Crippen molar-refractivity contribution in [3.8, 4) is 5.75 Å². The molecule has 0 aliphatic heterocycles. The summed E-state index contributed by atoms with van der Waals surface area (Å²) >= 11 is 13.1. The van der Waals surface area contributed by atoms with Crippen LogP contribution >= 0.6 is 23.2 Å². The number of amides is 2. The highest BCUT2D eigenvalue weighted by atomic mass is 35.5. The number of aryl methyl sites for hydroxylation is 1. The van der Waals surface area contributed by atoms with E-state index in [0.717, 1.165) is 47.5 Å². The molecule has 1 saturated carbocycles. The standard InChI is InChI=1S/C38H41Cl2N3O5S/c1-27-17-20-32(21-18-27)49(46,47)43(31-19-22-36(48-2)34(40)24-31)26-37(44)42(25-29-13-9-10-16-33(29)39)35(23-28-11-5-3-6-12-28)38(45)41-30-14-7-4-8-15-30/h3,5-6,9-13,16-22,24,30,35H,4,7-8,14-15,23,25-26H2,1-2H3,(H,41,45)/t35-/m1/s1. The Labute approximate surface area is 299 Å². The molecule has 0 bridgehead atoms. The number of carbonyl (C=O) groups is 2. The van der Waals surface area contributed by atoms with Crippen LogP contribution in [0, 0.1) is 6.92 Å². The van der Waals surface area contributed by atoms with Gasteiger partial charge in [0.05, 0.1) is 22.7 Å². The van der Waals surface area contributed by atoms with Crippen molar-refractivity contribution in [3.05, 3.63) is 124 Å². The zero-order valence-corrected chi connectivity index (χ0v) is 30.0. The van der Waals surface area contributed by atoms with E-state index in [1.165, 1.54) is 30.2 Å². The van der Waals surface area contributed by atoms with E-state index in [1.54, 1.807) is 42.5 Å². The fourth-order valence-corrected chi connectivity index (χ4v) is 7.94. The summed E-state index contributed by atoms with van der Waals surface area (Å²) in [5.74, 6) is -0.522. The Morgan fingerprint density at radius 1 is 0.878 bits per heavy atom. The number of anilines is 1. The minimum atomic E-state index is -4.28. The maximum Gasteiger partial charge on any atom is 0.264 e. The van der Waals surface area contributed by atoms with Crippen LogP contribution in [0.5, 0.6) is 5.75 Å². The number of rotatable bonds is 13. The second kappa shape index (κ2) is 16.6. The van der Waals surface area contributed by atoms with Crippen LogP contribution in [0.15, 0.2) is 102 Å². The van der Waals surface area contributed by atoms with E-state index >= 15 is 0 Å². The first-order valence-corrected chi connectivity index (χ1v) is 18.6. The van der Waals surface area contributed by atoms with Gasteiger partial charge in [-0.3, -0.25) is 13.9 Å². The van der Waals surface area contributed by atoms with Crippen LogP contribution in [-0.4, -0.2) is 50.9 Å². The van der Waals surface area contributed by atoms with Crippen LogP contribution in [0.25, 0.3) is 0 Å². The van der Waals surface area contributed by atoms with Crippen molar-refractivity contribution in [1.29, 1.82) is 0 Å². The first-order valence-electron chi connectivity index (χ1n) is 16.4. The third kappa shape index (κ3) is 9.15. The Balaban J connectivity index is 1.59. The van der Waals surface area contributed by atoms with Gasteiger partial charge in [-0.25, -0.2) is 8.42 Å². The SMILES string of the molecule is COc1ccc(N(CC(=O)N(Cc2ccccc2Cl)[C@H](Cc2ccccc2)C(=O)NC2CCCCC2)S(=O)(=O)c2ccc(C)cc2)cc1Cl. The van der Waals surface area contributed by atoms with Crippen molar-refractivity contribution < 1.29 is 22.7 Å². The van der Waals surface area contributed by atoms with Gasteiger partial charge in [0.15, 0.2) is 0 Å². The van der Waals surface area contributed by atoms with Gasteiger partial charge in [-0.05, 0) is 67.3 Å². The third-order valence-corrected chi connectivity index (χ3v) is 11.3. The van der Waals surface area contributed by atoms with E-state index < -0.39 is 28.5 Å². The van der Waals surface area contributed by atoms with Crippen molar-refractivity contribution in [2.24, 2.45) is 0 Å². The number of hydrogen-bond acceptors (Lipinski definition) is 5. The minimum absolute atomic E-state index is 0.00311. The van der Waals surface area contributed by atoms with Gasteiger partial charge in [0, 0.05) is 24.0 Å². The summed E-state index contributed by atoms with van der Waals surface area (Å²) in [5.41, 5.74) is 2.53. The number of nitrogens with one attached hydrogen (secondary N) is 1. The molecule has 8 nitrogen and oxygen atoms in total. The third-order valence-electron chi connectivity index (χ3n) is 8.83. The molecule has 1 N–H and O–H groups in total. The van der Waals surface area contributed by atoms with E-state index in [-0.39, 0.29) is 40.5 Å². The van der Waals surface area contributed by atoms with E-state index in [2.05, 4.69) is 5.32 Å². The number of sulfonamides is 1. The molecule has 0 saturated heterocycles. The Bertz CT molecular complexity index is 1850. The summed E-state index contributed by atoms with van der Waals surface area (Å²) in [6.45, 7) is 1.24. The lowest BCUT2D eigenvalue weighted by Crippen LogP contribution is -2.55. The van der Waals surface area contributed by atoms with Crippen molar-refractivity contribution in [1.82, 2.24) is 10.2 Å². The molecule has 49 heavy (non-hydrogen) atoms. The molecule has 2 amide bonds. The summed E-state index contributed by atoms with van der Waals surface area (Å²) in [4.78, 5) is 30.5. The molecule has 0 unspecified atom stereocenters. The molecule has 4 aromatic carbocycles. The maximum atomic E-state index is 14.8. The number of methoxy groups -OCH3 is 1. The Morgan fingerprint density at radius 2 is 1.55 bits per heavy atom. The van der Waals surface area contributed by atoms with E-state index in [4.69, 9.17) is 27.9 Å². The number of nitrogens with zero attached hydrogens (tertiary/aromatic N) is 2. The summed E-state index contributed by atoms with van der Waals surface area (Å²) < 4.78 is 35.0. The lowest BCUT2D eigenvalue weighted by Gasteiger charge is -2.35. The summed E-state index contributed by atoms with van der Waals surface area (Å²) in [7, 11) is -2.82. The van der Waals surface area contributed by atoms with E-state index in [0.29, 0.717) is 16.3 Å². The smallest absolute Gasteiger partial charge is 0.264 e. The largest absolute Gasteiger partial charge is 0.495 e. The average molecular weight is 723 g/mol. The van der Waals surface area contributed by atoms with Crippen LogP contribution in [0.1, 0.15) is 48.8 Å². The normalized spacial score (nSPS) is 14.1. The zero-order chi connectivity index (χ0) is 35.0. The van der Waals surface area contributed by atoms with Crippen molar-refractivity contribution in [2.45, 2.75) is 69.0 Å². The highest BCUT2D eigenvalue weighted by Crippen LogP contribution is 2.33. The van der Waals surface area contributed by atoms with Gasteiger partial charge in [0.1, 0.15) is 18.3 Å². The first-order chi connectivity index (χ1) is 23.6. The predicted molar refractivity (Wildman–Crippen MR) is 195 cm³/mol. The zero-order valence-electron chi connectivity index (χ0n) is 27.6. The quantitative estimate of drug-likeness (QED) is 0.154. The molecular weight excluding hydrogens is 681 g/mol. The van der Waals surface area contributed by atoms with Crippen LogP contribution in [0.3, 0.4) is 0 Å². The second-order valence-corrected chi connectivity index (χ2v) is 15.0.